The van der Waals surface area contributed by atoms with Crippen LogP contribution in [0.4, 0.5) is 4.39 Å². The summed E-state index contributed by atoms with van der Waals surface area (Å²) in [6.07, 6.45) is 2.24. The molecule has 31 heavy (non-hydrogen) atoms. The second-order valence-electron chi connectivity index (χ2n) is 7.64. The van der Waals surface area contributed by atoms with Crippen LogP contribution in [-0.4, -0.2) is 40.7 Å². The molecule has 0 aliphatic rings. The van der Waals surface area contributed by atoms with Crippen molar-refractivity contribution in [2.24, 2.45) is 0 Å². The molecule has 0 bridgehead atoms. The predicted molar refractivity (Wildman–Crippen MR) is 117 cm³/mol. The van der Waals surface area contributed by atoms with Gasteiger partial charge in [0.1, 0.15) is 18.1 Å². The van der Waals surface area contributed by atoms with Crippen LogP contribution in [-0.2, 0) is 17.8 Å². The molecular weight excluding hydrogens is 395 g/mol. The molecular formula is C25H27FN2O3. The van der Waals surface area contributed by atoms with E-state index in [9.17, 15) is 14.0 Å². The third-order valence-electron chi connectivity index (χ3n) is 5.09. The Morgan fingerprint density at radius 1 is 0.968 bits per heavy atom. The van der Waals surface area contributed by atoms with Crippen LogP contribution in [0.25, 0.3) is 0 Å². The molecule has 3 rings (SSSR count). The molecule has 0 spiro atoms. The Morgan fingerprint density at radius 2 is 1.68 bits per heavy atom. The van der Waals surface area contributed by atoms with Crippen LogP contribution in [0.5, 0.6) is 0 Å². The monoisotopic (exact) mass is 422 g/mol. The van der Waals surface area contributed by atoms with E-state index in [4.69, 9.17) is 4.42 Å². The number of carbonyl (C=O) groups is 2. The highest BCUT2D eigenvalue weighted by atomic mass is 19.1. The molecule has 0 N–H and O–H groups in total. The largest absolute Gasteiger partial charge is 0.467 e. The first kappa shape index (κ1) is 22.3. The molecule has 162 valence electrons. The third kappa shape index (κ3) is 6.04. The molecule has 1 aromatic heterocycles. The van der Waals surface area contributed by atoms with Crippen LogP contribution in [0.1, 0.15) is 35.5 Å². The van der Waals surface area contributed by atoms with E-state index < -0.39 is 11.7 Å². The highest BCUT2D eigenvalue weighted by Gasteiger charge is 2.26. The smallest absolute Gasteiger partial charge is 0.257 e. The van der Waals surface area contributed by atoms with E-state index in [-0.39, 0.29) is 24.1 Å². The number of halogens is 1. The van der Waals surface area contributed by atoms with E-state index in [2.05, 4.69) is 0 Å². The molecule has 1 heterocycles. The van der Waals surface area contributed by atoms with Crippen LogP contribution in [0.2, 0.25) is 0 Å². The topological polar surface area (TPSA) is 53.8 Å². The van der Waals surface area contributed by atoms with Gasteiger partial charge in [0.25, 0.3) is 5.91 Å². The minimum Gasteiger partial charge on any atom is -0.467 e. The zero-order chi connectivity index (χ0) is 22.2. The van der Waals surface area contributed by atoms with Crippen molar-refractivity contribution in [3.8, 4) is 0 Å². The summed E-state index contributed by atoms with van der Waals surface area (Å²) >= 11 is 0. The Kier molecular flexibility index (Phi) is 7.60. The first-order chi connectivity index (χ1) is 15.0. The fraction of sp³-hybridized carbons (Fsp3) is 0.280. The zero-order valence-corrected chi connectivity index (χ0v) is 17.8. The molecule has 2 amide bonds. The summed E-state index contributed by atoms with van der Waals surface area (Å²) in [6.45, 7) is 4.27. The maximum atomic E-state index is 14.2. The summed E-state index contributed by atoms with van der Waals surface area (Å²) in [5, 5.41) is 0. The summed E-state index contributed by atoms with van der Waals surface area (Å²) < 4.78 is 19.6. The second-order valence-corrected chi connectivity index (χ2v) is 7.64. The van der Waals surface area contributed by atoms with Crippen molar-refractivity contribution in [2.75, 3.05) is 13.1 Å². The summed E-state index contributed by atoms with van der Waals surface area (Å²) in [5.41, 5.74) is 1.08. The van der Waals surface area contributed by atoms with Gasteiger partial charge in [0.2, 0.25) is 5.91 Å². The van der Waals surface area contributed by atoms with Gasteiger partial charge in [-0.25, -0.2) is 4.39 Å². The lowest BCUT2D eigenvalue weighted by molar-refractivity contribution is -0.133. The van der Waals surface area contributed by atoms with E-state index in [1.165, 1.54) is 23.1 Å². The molecule has 5 nitrogen and oxygen atoms in total. The van der Waals surface area contributed by atoms with Crippen molar-refractivity contribution in [1.82, 2.24) is 9.80 Å². The number of nitrogens with zero attached hydrogens (tertiary/aromatic N) is 2. The number of hydrogen-bond acceptors (Lipinski definition) is 3. The lowest BCUT2D eigenvalue weighted by Gasteiger charge is -2.30. The Morgan fingerprint density at radius 3 is 2.32 bits per heavy atom. The van der Waals surface area contributed by atoms with E-state index in [0.717, 1.165) is 5.56 Å². The van der Waals surface area contributed by atoms with Crippen molar-refractivity contribution in [3.63, 3.8) is 0 Å². The average Bonchev–Trinajstić information content (AvgIpc) is 3.28. The number of amides is 2. The van der Waals surface area contributed by atoms with Crippen LogP contribution in [0.3, 0.4) is 0 Å². The second kappa shape index (κ2) is 10.6. The van der Waals surface area contributed by atoms with Crippen LogP contribution in [0, 0.1) is 5.82 Å². The maximum absolute atomic E-state index is 14.2. The van der Waals surface area contributed by atoms with Crippen LogP contribution in [0.15, 0.2) is 77.4 Å². The summed E-state index contributed by atoms with van der Waals surface area (Å²) in [7, 11) is 0. The Labute approximate surface area is 182 Å². The zero-order valence-electron chi connectivity index (χ0n) is 17.8. The van der Waals surface area contributed by atoms with Gasteiger partial charge in [0.15, 0.2) is 0 Å². The minimum absolute atomic E-state index is 0.0362. The molecule has 6 heteroatoms. The predicted octanol–water partition coefficient (Wildman–Crippen LogP) is 4.54. The number of furan rings is 1. The standard InChI is InChI=1S/C25H27FN2O3/c1-19(2)28(25(30)22-12-6-7-13-23(22)26)18-24(29)27(17-21-11-8-16-31-21)15-14-20-9-4-3-5-10-20/h3-13,16,19H,14-15,17-18H2,1-2H3. The average molecular weight is 423 g/mol. The number of rotatable bonds is 9. The molecule has 2 aromatic carbocycles. The van der Waals surface area contributed by atoms with Gasteiger partial charge in [-0.3, -0.25) is 9.59 Å². The fourth-order valence-electron chi connectivity index (χ4n) is 3.32. The van der Waals surface area contributed by atoms with Gasteiger partial charge in [-0.2, -0.15) is 0 Å². The van der Waals surface area contributed by atoms with Gasteiger partial charge in [0, 0.05) is 12.6 Å². The minimum atomic E-state index is -0.595. The highest BCUT2D eigenvalue weighted by Crippen LogP contribution is 2.14. The molecule has 0 saturated heterocycles. The lowest BCUT2D eigenvalue weighted by atomic mass is 10.1. The lowest BCUT2D eigenvalue weighted by Crippen LogP contribution is -2.46. The van der Waals surface area contributed by atoms with Gasteiger partial charge in [-0.15, -0.1) is 0 Å². The van der Waals surface area contributed by atoms with E-state index >= 15 is 0 Å². The quantitative estimate of drug-likeness (QED) is 0.509. The van der Waals surface area contributed by atoms with E-state index in [1.54, 1.807) is 23.3 Å². The number of hydrogen-bond donors (Lipinski definition) is 0. The normalized spacial score (nSPS) is 10.8. The van der Waals surface area contributed by atoms with E-state index in [1.807, 2.05) is 50.2 Å². The molecule has 0 aliphatic carbocycles. The third-order valence-corrected chi connectivity index (χ3v) is 5.09. The summed E-state index contributed by atoms with van der Waals surface area (Å²) in [4.78, 5) is 29.3. The Hall–Kier alpha value is -3.41. The van der Waals surface area contributed by atoms with Crippen LogP contribution < -0.4 is 0 Å². The molecule has 0 unspecified atom stereocenters. The molecule has 0 saturated carbocycles. The van der Waals surface area contributed by atoms with Crippen molar-refractivity contribution in [2.45, 2.75) is 32.9 Å². The summed E-state index contributed by atoms with van der Waals surface area (Å²) in [5.74, 6) is -0.645. The molecule has 0 fully saturated rings. The molecule has 3 aromatic rings. The number of carbonyl (C=O) groups excluding carboxylic acids is 2. The molecule has 0 aliphatic heterocycles. The Balaban J connectivity index is 1.76. The van der Waals surface area contributed by atoms with Crippen molar-refractivity contribution < 1.29 is 18.4 Å². The first-order valence-electron chi connectivity index (χ1n) is 10.3. The number of benzene rings is 2. The molecule has 0 atom stereocenters. The van der Waals surface area contributed by atoms with Gasteiger partial charge in [-0.05, 0) is 50.1 Å². The molecule has 0 radical (unpaired) electrons. The van der Waals surface area contributed by atoms with E-state index in [0.29, 0.717) is 25.3 Å². The fourth-order valence-corrected chi connectivity index (χ4v) is 3.32. The van der Waals surface area contributed by atoms with Gasteiger partial charge >= 0.3 is 0 Å². The van der Waals surface area contributed by atoms with Gasteiger partial charge in [-0.1, -0.05) is 42.5 Å². The highest BCUT2D eigenvalue weighted by molar-refractivity contribution is 5.97. The van der Waals surface area contributed by atoms with Crippen molar-refractivity contribution in [1.29, 1.82) is 0 Å². The van der Waals surface area contributed by atoms with Gasteiger partial charge in [0.05, 0.1) is 18.4 Å². The van der Waals surface area contributed by atoms with Crippen LogP contribution >= 0.6 is 0 Å². The Bertz CT molecular complexity index is 987. The SMILES string of the molecule is CC(C)N(CC(=O)N(CCc1ccccc1)Cc1ccco1)C(=O)c1ccccc1F. The first-order valence-corrected chi connectivity index (χ1v) is 10.3. The van der Waals surface area contributed by atoms with Gasteiger partial charge < -0.3 is 14.2 Å². The maximum Gasteiger partial charge on any atom is 0.257 e. The summed E-state index contributed by atoms with van der Waals surface area (Å²) in [6, 6.07) is 19.0. The van der Waals surface area contributed by atoms with Crippen molar-refractivity contribution in [3.05, 3.63) is 95.7 Å². The van der Waals surface area contributed by atoms with Crippen molar-refractivity contribution >= 4 is 11.8 Å².